The SMILES string of the molecule is Cn1c(=O)sc2c1=CCC(C(=O)C1=CC=C(C#N)CC1)C=2. The maximum absolute atomic E-state index is 12.5. The average molecular weight is 298 g/mol. The first-order valence-electron chi connectivity index (χ1n) is 6.82. The molecule has 1 aromatic rings. The maximum atomic E-state index is 12.5. The molecule has 1 unspecified atom stereocenters. The number of nitriles is 1. The minimum Gasteiger partial charge on any atom is -0.302 e. The Morgan fingerprint density at radius 3 is 2.90 bits per heavy atom. The van der Waals surface area contributed by atoms with Gasteiger partial charge >= 0.3 is 4.87 Å². The van der Waals surface area contributed by atoms with E-state index in [1.54, 1.807) is 23.8 Å². The minimum absolute atomic E-state index is 0.000855. The highest BCUT2D eigenvalue weighted by atomic mass is 32.1. The largest absolute Gasteiger partial charge is 0.307 e. The van der Waals surface area contributed by atoms with Gasteiger partial charge in [-0.2, -0.15) is 5.26 Å². The number of carbonyl (C=O) groups excluding carboxylic acids is 1. The molecule has 1 heterocycles. The number of Topliss-reactive ketones (excluding diaryl/α,β-unsaturated/α-hetero) is 1. The lowest BCUT2D eigenvalue weighted by molar-refractivity contribution is -0.117. The van der Waals surface area contributed by atoms with E-state index in [9.17, 15) is 9.59 Å². The third-order valence-electron chi connectivity index (χ3n) is 3.95. The first kappa shape index (κ1) is 13.8. The van der Waals surface area contributed by atoms with Crippen LogP contribution in [0.25, 0.3) is 12.2 Å². The van der Waals surface area contributed by atoms with Gasteiger partial charge in [0.15, 0.2) is 5.78 Å². The first-order valence-corrected chi connectivity index (χ1v) is 7.63. The number of ketones is 1. The number of carbonyl (C=O) groups is 1. The Kier molecular flexibility index (Phi) is 3.48. The molecular formula is C16H14N2O2S. The van der Waals surface area contributed by atoms with Crippen molar-refractivity contribution in [2.24, 2.45) is 13.0 Å². The van der Waals surface area contributed by atoms with E-state index < -0.39 is 0 Å². The van der Waals surface area contributed by atoms with Crippen molar-refractivity contribution in [2.45, 2.75) is 19.3 Å². The van der Waals surface area contributed by atoms with Crippen LogP contribution in [-0.4, -0.2) is 10.4 Å². The summed E-state index contributed by atoms with van der Waals surface area (Å²) < 4.78 is 2.51. The lowest BCUT2D eigenvalue weighted by atomic mass is 9.87. The number of fused-ring (bicyclic) bond motifs is 1. The van der Waals surface area contributed by atoms with Crippen molar-refractivity contribution in [3.63, 3.8) is 0 Å². The van der Waals surface area contributed by atoms with Crippen LogP contribution in [0.3, 0.4) is 0 Å². The Labute approximate surface area is 125 Å². The van der Waals surface area contributed by atoms with E-state index in [0.717, 1.165) is 15.5 Å². The highest BCUT2D eigenvalue weighted by Gasteiger charge is 2.22. The zero-order valence-corrected chi connectivity index (χ0v) is 12.4. The molecule has 0 N–H and O–H groups in total. The molecule has 0 radical (unpaired) electrons. The summed E-state index contributed by atoms with van der Waals surface area (Å²) in [6, 6.07) is 2.12. The van der Waals surface area contributed by atoms with Crippen molar-refractivity contribution in [1.82, 2.24) is 4.57 Å². The molecule has 0 spiro atoms. The predicted octanol–water partition coefficient (Wildman–Crippen LogP) is 0.767. The molecular weight excluding hydrogens is 284 g/mol. The second kappa shape index (κ2) is 5.30. The van der Waals surface area contributed by atoms with Crippen molar-refractivity contribution in [2.75, 3.05) is 0 Å². The molecule has 2 aliphatic carbocycles. The lowest BCUT2D eigenvalue weighted by Gasteiger charge is -2.16. The van der Waals surface area contributed by atoms with E-state index in [0.29, 0.717) is 24.8 Å². The molecule has 0 fully saturated rings. The molecule has 1 aromatic heterocycles. The molecule has 106 valence electrons. The van der Waals surface area contributed by atoms with Gasteiger partial charge in [0.05, 0.1) is 16.0 Å². The van der Waals surface area contributed by atoms with Gasteiger partial charge < -0.3 is 4.57 Å². The van der Waals surface area contributed by atoms with E-state index in [-0.39, 0.29) is 16.6 Å². The third-order valence-corrected chi connectivity index (χ3v) is 4.96. The Hall–Kier alpha value is -2.19. The standard InChI is InChI=1S/C16H14N2O2S/c1-18-13-7-6-12(8-14(13)21-16(18)20)15(19)11-4-2-10(9-17)3-5-11/h2,4,7-8,12H,3,5-6H2,1H3. The third kappa shape index (κ3) is 2.43. The Morgan fingerprint density at radius 2 is 2.24 bits per heavy atom. The molecule has 0 saturated heterocycles. The van der Waals surface area contributed by atoms with Gasteiger partial charge in [-0.05, 0) is 30.9 Å². The van der Waals surface area contributed by atoms with Gasteiger partial charge in [-0.25, -0.2) is 0 Å². The molecule has 3 rings (SSSR count). The van der Waals surface area contributed by atoms with E-state index in [4.69, 9.17) is 5.26 Å². The predicted molar refractivity (Wildman–Crippen MR) is 81.9 cm³/mol. The molecule has 21 heavy (non-hydrogen) atoms. The van der Waals surface area contributed by atoms with Crippen LogP contribution in [0, 0.1) is 17.2 Å². The molecule has 0 amide bonds. The molecule has 0 bridgehead atoms. The Morgan fingerprint density at radius 1 is 1.43 bits per heavy atom. The van der Waals surface area contributed by atoms with Crippen molar-refractivity contribution in [3.8, 4) is 6.07 Å². The summed E-state index contributed by atoms with van der Waals surface area (Å²) in [5, 5.41) is 9.74. The van der Waals surface area contributed by atoms with Crippen LogP contribution >= 0.6 is 11.3 Å². The second-order valence-electron chi connectivity index (χ2n) is 5.25. The summed E-state index contributed by atoms with van der Waals surface area (Å²) in [5.74, 6) is -0.0903. The molecule has 0 saturated carbocycles. The summed E-state index contributed by atoms with van der Waals surface area (Å²) in [6.45, 7) is 0. The summed E-state index contributed by atoms with van der Waals surface area (Å²) >= 11 is 1.18. The van der Waals surface area contributed by atoms with Gasteiger partial charge in [0.2, 0.25) is 0 Å². The summed E-state index contributed by atoms with van der Waals surface area (Å²) in [7, 11) is 1.75. The fraction of sp³-hybridized carbons (Fsp3) is 0.312. The quantitative estimate of drug-likeness (QED) is 0.810. The number of hydrogen-bond donors (Lipinski definition) is 0. The van der Waals surface area contributed by atoms with Gasteiger partial charge in [0, 0.05) is 18.5 Å². The highest BCUT2D eigenvalue weighted by molar-refractivity contribution is 7.07. The van der Waals surface area contributed by atoms with Crippen molar-refractivity contribution in [1.29, 1.82) is 5.26 Å². The summed E-state index contributed by atoms with van der Waals surface area (Å²) in [4.78, 5) is 24.2. The fourth-order valence-electron chi connectivity index (χ4n) is 2.68. The molecule has 2 aliphatic rings. The Bertz CT molecular complexity index is 890. The van der Waals surface area contributed by atoms with Crippen LogP contribution in [0.4, 0.5) is 0 Å². The topological polar surface area (TPSA) is 62.9 Å². The van der Waals surface area contributed by atoms with E-state index >= 15 is 0 Å². The summed E-state index contributed by atoms with van der Waals surface area (Å²) in [6.07, 6.45) is 9.26. The van der Waals surface area contributed by atoms with Crippen molar-refractivity contribution < 1.29 is 4.79 Å². The zero-order chi connectivity index (χ0) is 15.0. The van der Waals surface area contributed by atoms with Gasteiger partial charge in [-0.15, -0.1) is 0 Å². The number of hydrogen-bond acceptors (Lipinski definition) is 4. The summed E-state index contributed by atoms with van der Waals surface area (Å²) in [5.41, 5.74) is 1.49. The molecule has 0 aromatic carbocycles. The fourth-order valence-corrected chi connectivity index (χ4v) is 3.66. The maximum Gasteiger partial charge on any atom is 0.307 e. The van der Waals surface area contributed by atoms with E-state index in [1.807, 2.05) is 12.2 Å². The monoisotopic (exact) mass is 298 g/mol. The second-order valence-corrected chi connectivity index (χ2v) is 6.24. The lowest BCUT2D eigenvalue weighted by Crippen LogP contribution is -2.34. The van der Waals surface area contributed by atoms with Gasteiger partial charge in [0.25, 0.3) is 0 Å². The van der Waals surface area contributed by atoms with Gasteiger partial charge in [-0.1, -0.05) is 29.6 Å². The molecule has 5 heteroatoms. The van der Waals surface area contributed by atoms with E-state index in [2.05, 4.69) is 6.07 Å². The molecule has 1 atom stereocenters. The number of rotatable bonds is 2. The number of thiazole rings is 1. The van der Waals surface area contributed by atoms with Crippen LogP contribution in [0.2, 0.25) is 0 Å². The van der Waals surface area contributed by atoms with Crippen molar-refractivity contribution >= 4 is 29.3 Å². The minimum atomic E-state index is -0.196. The van der Waals surface area contributed by atoms with Crippen LogP contribution in [-0.2, 0) is 11.8 Å². The molecule has 4 nitrogen and oxygen atoms in total. The van der Waals surface area contributed by atoms with Crippen LogP contribution in [0.5, 0.6) is 0 Å². The Balaban J connectivity index is 1.92. The van der Waals surface area contributed by atoms with E-state index in [1.165, 1.54) is 11.3 Å². The zero-order valence-electron chi connectivity index (χ0n) is 11.6. The average Bonchev–Trinajstić information content (AvgIpc) is 2.81. The number of allylic oxidation sites excluding steroid dienone is 4. The first-order chi connectivity index (χ1) is 10.1. The normalized spacial score (nSPS) is 20.3. The van der Waals surface area contributed by atoms with Crippen LogP contribution in [0.1, 0.15) is 19.3 Å². The van der Waals surface area contributed by atoms with Gasteiger partial charge in [-0.3, -0.25) is 9.59 Å². The van der Waals surface area contributed by atoms with Crippen molar-refractivity contribution in [3.05, 3.63) is 42.8 Å². The highest BCUT2D eigenvalue weighted by Crippen LogP contribution is 2.23. The molecule has 0 aliphatic heterocycles. The van der Waals surface area contributed by atoms with Crippen LogP contribution in [0.15, 0.2) is 28.1 Å². The smallest absolute Gasteiger partial charge is 0.302 e. The van der Waals surface area contributed by atoms with Gasteiger partial charge in [0.1, 0.15) is 0 Å². The van der Waals surface area contributed by atoms with Crippen LogP contribution < -0.4 is 14.8 Å². The number of nitrogens with zero attached hydrogens (tertiary/aromatic N) is 2. The number of aromatic nitrogens is 1.